The van der Waals surface area contributed by atoms with E-state index in [0.717, 1.165) is 24.0 Å². The second kappa shape index (κ2) is 15.1. The number of ether oxygens (including phenoxy) is 1. The molecule has 2 unspecified atom stereocenters. The van der Waals surface area contributed by atoms with Gasteiger partial charge in [-0.05, 0) is 61.3 Å². The van der Waals surface area contributed by atoms with Gasteiger partial charge in [-0.2, -0.15) is 0 Å². The van der Waals surface area contributed by atoms with Gasteiger partial charge in [0.25, 0.3) is 5.91 Å². The Morgan fingerprint density at radius 1 is 1.02 bits per heavy atom. The fraction of sp³-hybridized carbons (Fsp3) is 0.529. The van der Waals surface area contributed by atoms with Crippen LogP contribution in [0.3, 0.4) is 0 Å². The zero-order valence-corrected chi connectivity index (χ0v) is 27.1. The topological polar surface area (TPSA) is 146 Å². The zero-order valence-electron chi connectivity index (χ0n) is 26.3. The number of amides is 4. The van der Waals surface area contributed by atoms with E-state index < -0.39 is 53.5 Å². The molecule has 2 aromatic rings. The van der Waals surface area contributed by atoms with Gasteiger partial charge in [0.15, 0.2) is 6.10 Å². The Kier molecular flexibility index (Phi) is 11.5. The largest absolute Gasteiger partial charge is 0.440 e. The first kappa shape index (κ1) is 34.2. The number of carbonyl (C=O) groups is 4. The Morgan fingerprint density at radius 2 is 1.73 bits per heavy atom. The standard InChI is InChI=1S/C34H45ClN4O6/c1-20(2)17-27(31(42)38-26(18-22-15-16-36-30(22)41)28(40)32(43)37-25-13-14-25)39-33(44)45-29(21-9-6-5-7-10-21)34(3,4)23-11-8-12-24(35)19-23/h5-12,19-20,22,25-29,40H,13-18H2,1-4H3,(H,36,41)(H,37,43)(H,38,42)(H,39,44)/t22-,26-,27-,28?,29?/m0/s1. The van der Waals surface area contributed by atoms with E-state index in [-0.39, 0.29) is 30.7 Å². The maximum Gasteiger partial charge on any atom is 0.408 e. The first-order valence-electron chi connectivity index (χ1n) is 15.7. The van der Waals surface area contributed by atoms with Crippen LogP contribution in [0.1, 0.15) is 77.0 Å². The van der Waals surface area contributed by atoms with Crippen molar-refractivity contribution in [3.63, 3.8) is 0 Å². The van der Waals surface area contributed by atoms with Crippen LogP contribution in [0.15, 0.2) is 54.6 Å². The van der Waals surface area contributed by atoms with E-state index in [9.17, 15) is 24.3 Å². The third-order valence-corrected chi connectivity index (χ3v) is 8.70. The number of hydrogen-bond acceptors (Lipinski definition) is 6. The summed E-state index contributed by atoms with van der Waals surface area (Å²) in [4.78, 5) is 52.4. The predicted octanol–water partition coefficient (Wildman–Crippen LogP) is 4.15. The molecule has 4 rings (SSSR count). The molecule has 2 aromatic carbocycles. The van der Waals surface area contributed by atoms with Gasteiger partial charge in [-0.25, -0.2) is 4.79 Å². The van der Waals surface area contributed by atoms with E-state index in [4.69, 9.17) is 16.3 Å². The molecule has 5 N–H and O–H groups in total. The molecule has 0 radical (unpaired) electrons. The minimum Gasteiger partial charge on any atom is -0.440 e. The molecular weight excluding hydrogens is 596 g/mol. The number of alkyl carbamates (subject to hydrolysis) is 1. The zero-order chi connectivity index (χ0) is 32.7. The highest BCUT2D eigenvalue weighted by Gasteiger charge is 2.39. The van der Waals surface area contributed by atoms with Crippen molar-refractivity contribution in [3.8, 4) is 0 Å². The molecule has 1 heterocycles. The Hall–Kier alpha value is -3.63. The number of aliphatic hydroxyl groups excluding tert-OH is 1. The fourth-order valence-electron chi connectivity index (χ4n) is 5.71. The Bertz CT molecular complexity index is 1350. The molecule has 4 amide bonds. The molecule has 2 aliphatic rings. The summed E-state index contributed by atoms with van der Waals surface area (Å²) in [7, 11) is 0. The van der Waals surface area contributed by atoms with Crippen molar-refractivity contribution in [2.45, 2.75) is 95.5 Å². The first-order valence-corrected chi connectivity index (χ1v) is 16.1. The van der Waals surface area contributed by atoms with E-state index in [1.54, 1.807) is 6.07 Å². The highest BCUT2D eigenvalue weighted by atomic mass is 35.5. The third kappa shape index (κ3) is 9.43. The number of aliphatic hydroxyl groups is 1. The number of halogens is 1. The summed E-state index contributed by atoms with van der Waals surface area (Å²) in [5.41, 5.74) is 0.929. The van der Waals surface area contributed by atoms with Gasteiger partial charge < -0.3 is 31.1 Å². The van der Waals surface area contributed by atoms with Gasteiger partial charge in [0, 0.05) is 28.9 Å². The molecule has 11 heteroatoms. The smallest absolute Gasteiger partial charge is 0.408 e. The lowest BCUT2D eigenvalue weighted by Gasteiger charge is -2.35. The lowest BCUT2D eigenvalue weighted by Crippen LogP contribution is -2.56. The van der Waals surface area contributed by atoms with Gasteiger partial charge in [0.05, 0.1) is 6.04 Å². The lowest BCUT2D eigenvalue weighted by molar-refractivity contribution is -0.134. The van der Waals surface area contributed by atoms with Crippen LogP contribution in [0.4, 0.5) is 4.79 Å². The van der Waals surface area contributed by atoms with Crippen molar-refractivity contribution in [2.24, 2.45) is 11.8 Å². The predicted molar refractivity (Wildman–Crippen MR) is 171 cm³/mol. The first-order chi connectivity index (χ1) is 21.3. The van der Waals surface area contributed by atoms with Crippen molar-refractivity contribution in [1.29, 1.82) is 0 Å². The van der Waals surface area contributed by atoms with Crippen LogP contribution in [0.5, 0.6) is 0 Å². The summed E-state index contributed by atoms with van der Waals surface area (Å²) < 4.78 is 6.08. The van der Waals surface area contributed by atoms with Crippen LogP contribution in [0, 0.1) is 11.8 Å². The molecule has 1 saturated heterocycles. The van der Waals surface area contributed by atoms with Crippen molar-refractivity contribution in [2.75, 3.05) is 6.54 Å². The van der Waals surface area contributed by atoms with E-state index in [2.05, 4.69) is 21.3 Å². The van der Waals surface area contributed by atoms with Gasteiger partial charge in [-0.3, -0.25) is 14.4 Å². The normalized spacial score (nSPS) is 19.2. The lowest BCUT2D eigenvalue weighted by atomic mass is 9.76. The number of rotatable bonds is 14. The number of carbonyl (C=O) groups excluding carboxylic acids is 4. The molecular formula is C34H45ClN4O6. The van der Waals surface area contributed by atoms with Crippen LogP contribution in [-0.2, 0) is 24.5 Å². The van der Waals surface area contributed by atoms with Crippen LogP contribution in [-0.4, -0.2) is 59.7 Å². The third-order valence-electron chi connectivity index (χ3n) is 8.47. The molecule has 45 heavy (non-hydrogen) atoms. The fourth-order valence-corrected chi connectivity index (χ4v) is 5.90. The SMILES string of the molecule is CC(C)C[C@H](NC(=O)OC(c1ccccc1)C(C)(C)c1cccc(Cl)c1)C(=O)N[C@@H](C[C@@H]1CCNC1=O)C(O)C(=O)NC1CC1. The Morgan fingerprint density at radius 3 is 2.33 bits per heavy atom. The van der Waals surface area contributed by atoms with Gasteiger partial charge >= 0.3 is 6.09 Å². The van der Waals surface area contributed by atoms with Crippen molar-refractivity contribution >= 4 is 35.4 Å². The van der Waals surface area contributed by atoms with Gasteiger partial charge in [-0.1, -0.05) is 81.8 Å². The van der Waals surface area contributed by atoms with Crippen LogP contribution in [0.2, 0.25) is 5.02 Å². The average Bonchev–Trinajstić information content (AvgIpc) is 3.73. The minimum atomic E-state index is -1.56. The molecule has 0 spiro atoms. The molecule has 1 aliphatic heterocycles. The summed E-state index contributed by atoms with van der Waals surface area (Å²) in [5.74, 6) is -1.80. The van der Waals surface area contributed by atoms with Crippen molar-refractivity contribution in [3.05, 3.63) is 70.7 Å². The van der Waals surface area contributed by atoms with Crippen molar-refractivity contribution < 1.29 is 29.0 Å². The molecule has 5 atom stereocenters. The molecule has 1 saturated carbocycles. The molecule has 0 bridgehead atoms. The van der Waals surface area contributed by atoms with Crippen LogP contribution in [0.25, 0.3) is 0 Å². The Labute approximate surface area is 270 Å². The summed E-state index contributed by atoms with van der Waals surface area (Å²) in [6, 6.07) is 14.7. The van der Waals surface area contributed by atoms with E-state index >= 15 is 0 Å². The summed E-state index contributed by atoms with van der Waals surface area (Å²) in [6.07, 6.45) is -0.529. The van der Waals surface area contributed by atoms with Gasteiger partial charge in [0.1, 0.15) is 12.1 Å². The maximum absolute atomic E-state index is 13.7. The summed E-state index contributed by atoms with van der Waals surface area (Å²) >= 11 is 6.30. The Balaban J connectivity index is 1.52. The monoisotopic (exact) mass is 640 g/mol. The molecule has 0 aromatic heterocycles. The van der Waals surface area contributed by atoms with E-state index in [0.29, 0.717) is 18.0 Å². The molecule has 244 valence electrons. The second-order valence-electron chi connectivity index (χ2n) is 13.1. The molecule has 1 aliphatic carbocycles. The van der Waals surface area contributed by atoms with Crippen LogP contribution >= 0.6 is 11.6 Å². The van der Waals surface area contributed by atoms with Crippen LogP contribution < -0.4 is 21.3 Å². The molecule has 2 fully saturated rings. The highest BCUT2D eigenvalue weighted by molar-refractivity contribution is 6.30. The second-order valence-corrected chi connectivity index (χ2v) is 13.5. The number of benzene rings is 2. The van der Waals surface area contributed by atoms with Crippen molar-refractivity contribution in [1.82, 2.24) is 21.3 Å². The quantitative estimate of drug-likeness (QED) is 0.210. The van der Waals surface area contributed by atoms with Gasteiger partial charge in [0.2, 0.25) is 11.8 Å². The number of hydrogen-bond donors (Lipinski definition) is 5. The summed E-state index contributed by atoms with van der Waals surface area (Å²) in [5, 5.41) is 22.6. The maximum atomic E-state index is 13.7. The van der Waals surface area contributed by atoms with E-state index in [1.165, 1.54) is 0 Å². The minimum absolute atomic E-state index is 0.0102. The highest BCUT2D eigenvalue weighted by Crippen LogP contribution is 2.40. The van der Waals surface area contributed by atoms with Gasteiger partial charge in [-0.15, -0.1) is 0 Å². The molecule has 10 nitrogen and oxygen atoms in total. The summed E-state index contributed by atoms with van der Waals surface area (Å²) in [6.45, 7) is 8.24. The number of nitrogens with one attached hydrogen (secondary N) is 4. The average molecular weight is 641 g/mol. The van der Waals surface area contributed by atoms with E-state index in [1.807, 2.05) is 76.2 Å².